The summed E-state index contributed by atoms with van der Waals surface area (Å²) < 4.78 is 16.2. The lowest BCUT2D eigenvalue weighted by Crippen LogP contribution is -2.58. The number of hydrogen-bond acceptors (Lipinski definition) is 5. The van der Waals surface area contributed by atoms with Crippen LogP contribution in [0.5, 0.6) is 0 Å². The summed E-state index contributed by atoms with van der Waals surface area (Å²) in [7, 11) is 1.45. The molecule has 1 aliphatic rings. The second-order valence-corrected chi connectivity index (χ2v) is 5.68. The van der Waals surface area contributed by atoms with E-state index >= 15 is 0 Å². The number of methoxy groups -OCH3 is 1. The molecule has 21 heavy (non-hydrogen) atoms. The molecule has 0 spiro atoms. The summed E-state index contributed by atoms with van der Waals surface area (Å²) in [5.74, 6) is 0.128. The highest BCUT2D eigenvalue weighted by Gasteiger charge is 2.51. The molecule has 1 N–H and O–H groups in total. The molecule has 1 unspecified atom stereocenters. The predicted molar refractivity (Wildman–Crippen MR) is 82.3 cm³/mol. The summed E-state index contributed by atoms with van der Waals surface area (Å²) in [5, 5.41) is 3.37. The SMILES string of the molecule is CCCCOCCOCC(NCCC)(C(=O)OC)C1CC1. The van der Waals surface area contributed by atoms with Crippen molar-refractivity contribution in [3.05, 3.63) is 0 Å². The minimum atomic E-state index is -0.672. The third-order valence-electron chi connectivity index (χ3n) is 3.86. The quantitative estimate of drug-likeness (QED) is 0.417. The van der Waals surface area contributed by atoms with Gasteiger partial charge >= 0.3 is 5.97 Å². The van der Waals surface area contributed by atoms with Crippen molar-refractivity contribution in [2.24, 2.45) is 5.92 Å². The van der Waals surface area contributed by atoms with Crippen molar-refractivity contribution in [3.8, 4) is 0 Å². The average Bonchev–Trinajstić information content (AvgIpc) is 3.34. The molecule has 0 aromatic carbocycles. The van der Waals surface area contributed by atoms with E-state index in [4.69, 9.17) is 14.2 Å². The molecule has 0 saturated heterocycles. The lowest BCUT2D eigenvalue weighted by atomic mass is 9.94. The maximum atomic E-state index is 12.2. The minimum Gasteiger partial charge on any atom is -0.468 e. The molecule has 5 nitrogen and oxygen atoms in total. The number of ether oxygens (including phenoxy) is 3. The Bertz CT molecular complexity index is 294. The van der Waals surface area contributed by atoms with Gasteiger partial charge in [0, 0.05) is 6.61 Å². The van der Waals surface area contributed by atoms with Crippen LogP contribution >= 0.6 is 0 Å². The molecule has 1 atom stereocenters. The first kappa shape index (κ1) is 18.4. The Morgan fingerprint density at radius 1 is 1.14 bits per heavy atom. The zero-order chi connectivity index (χ0) is 15.6. The van der Waals surface area contributed by atoms with Crippen LogP contribution in [0.1, 0.15) is 46.0 Å². The molecule has 1 fully saturated rings. The van der Waals surface area contributed by atoms with Crippen molar-refractivity contribution in [3.63, 3.8) is 0 Å². The van der Waals surface area contributed by atoms with E-state index in [0.29, 0.717) is 25.7 Å². The molecule has 0 aliphatic heterocycles. The summed E-state index contributed by atoms with van der Waals surface area (Å²) in [6.07, 6.45) is 5.30. The van der Waals surface area contributed by atoms with Crippen molar-refractivity contribution in [2.45, 2.75) is 51.5 Å². The molecular formula is C16H31NO4. The van der Waals surface area contributed by atoms with E-state index in [-0.39, 0.29) is 5.97 Å². The Morgan fingerprint density at radius 3 is 2.43 bits per heavy atom. The first-order valence-corrected chi connectivity index (χ1v) is 8.20. The first-order chi connectivity index (χ1) is 10.2. The van der Waals surface area contributed by atoms with Crippen LogP contribution in [-0.4, -0.2) is 51.6 Å². The molecule has 1 aliphatic carbocycles. The lowest BCUT2D eigenvalue weighted by Gasteiger charge is -2.32. The van der Waals surface area contributed by atoms with Crippen LogP contribution in [0.4, 0.5) is 0 Å². The standard InChI is InChI=1S/C16H31NO4/c1-4-6-10-20-11-12-21-13-16(14-7-8-14,15(18)19-3)17-9-5-2/h14,17H,4-13H2,1-3H3. The molecule has 1 rings (SSSR count). The monoisotopic (exact) mass is 301 g/mol. The number of rotatable bonds is 13. The van der Waals surface area contributed by atoms with Gasteiger partial charge < -0.3 is 14.2 Å². The molecule has 1 saturated carbocycles. The van der Waals surface area contributed by atoms with Crippen LogP contribution in [0.25, 0.3) is 0 Å². The Kier molecular flexibility index (Phi) is 8.88. The predicted octanol–water partition coefficient (Wildman–Crippen LogP) is 2.14. The van der Waals surface area contributed by atoms with Crippen LogP contribution in [0, 0.1) is 5.92 Å². The average molecular weight is 301 g/mol. The largest absolute Gasteiger partial charge is 0.468 e. The highest BCUT2D eigenvalue weighted by molar-refractivity contribution is 5.82. The second kappa shape index (κ2) is 10.1. The van der Waals surface area contributed by atoms with Gasteiger partial charge in [0.15, 0.2) is 0 Å². The van der Waals surface area contributed by atoms with Gasteiger partial charge in [-0.3, -0.25) is 5.32 Å². The number of carbonyl (C=O) groups excluding carboxylic acids is 1. The second-order valence-electron chi connectivity index (χ2n) is 5.68. The van der Waals surface area contributed by atoms with Crippen LogP contribution in [0.15, 0.2) is 0 Å². The van der Waals surface area contributed by atoms with Crippen molar-refractivity contribution in [1.29, 1.82) is 0 Å². The summed E-state index contributed by atoms with van der Waals surface area (Å²) in [6.45, 7) is 7.25. The maximum Gasteiger partial charge on any atom is 0.328 e. The highest BCUT2D eigenvalue weighted by atomic mass is 16.5. The third-order valence-corrected chi connectivity index (χ3v) is 3.86. The van der Waals surface area contributed by atoms with Gasteiger partial charge in [-0.2, -0.15) is 0 Å². The van der Waals surface area contributed by atoms with Gasteiger partial charge in [0.25, 0.3) is 0 Å². The first-order valence-electron chi connectivity index (χ1n) is 8.20. The molecule has 0 radical (unpaired) electrons. The van der Waals surface area contributed by atoms with Crippen molar-refractivity contribution in [2.75, 3.05) is 40.1 Å². The zero-order valence-corrected chi connectivity index (χ0v) is 13.8. The summed E-state index contributed by atoms with van der Waals surface area (Å²) in [6, 6.07) is 0. The van der Waals surface area contributed by atoms with E-state index < -0.39 is 5.54 Å². The van der Waals surface area contributed by atoms with Crippen LogP contribution in [0.2, 0.25) is 0 Å². The lowest BCUT2D eigenvalue weighted by molar-refractivity contribution is -0.153. The summed E-state index contributed by atoms with van der Waals surface area (Å²) in [5.41, 5.74) is -0.672. The zero-order valence-electron chi connectivity index (χ0n) is 13.8. The van der Waals surface area contributed by atoms with E-state index in [1.54, 1.807) is 0 Å². The van der Waals surface area contributed by atoms with Crippen molar-refractivity contribution in [1.82, 2.24) is 5.32 Å². The van der Waals surface area contributed by atoms with Gasteiger partial charge in [-0.05, 0) is 38.1 Å². The Balaban J connectivity index is 2.39. The maximum absolute atomic E-state index is 12.2. The van der Waals surface area contributed by atoms with Crippen molar-refractivity contribution < 1.29 is 19.0 Å². The third kappa shape index (κ3) is 5.93. The molecule has 0 aromatic rings. The van der Waals surface area contributed by atoms with Gasteiger partial charge in [0.2, 0.25) is 0 Å². The summed E-state index contributed by atoms with van der Waals surface area (Å²) >= 11 is 0. The fourth-order valence-corrected chi connectivity index (χ4v) is 2.42. The number of hydrogen-bond donors (Lipinski definition) is 1. The van der Waals surface area contributed by atoms with E-state index in [1.165, 1.54) is 7.11 Å². The van der Waals surface area contributed by atoms with E-state index in [9.17, 15) is 4.79 Å². The van der Waals surface area contributed by atoms with E-state index in [0.717, 1.165) is 45.3 Å². The van der Waals surface area contributed by atoms with Crippen LogP contribution in [-0.2, 0) is 19.0 Å². The Morgan fingerprint density at radius 2 is 1.86 bits per heavy atom. The highest BCUT2D eigenvalue weighted by Crippen LogP contribution is 2.40. The number of nitrogens with one attached hydrogen (secondary N) is 1. The molecule has 0 heterocycles. The molecule has 0 bridgehead atoms. The van der Waals surface area contributed by atoms with E-state index in [2.05, 4.69) is 19.2 Å². The van der Waals surface area contributed by atoms with Gasteiger partial charge in [0.05, 0.1) is 26.9 Å². The van der Waals surface area contributed by atoms with Gasteiger partial charge in [-0.1, -0.05) is 20.3 Å². The van der Waals surface area contributed by atoms with E-state index in [1.807, 2.05) is 0 Å². The number of unbranched alkanes of at least 4 members (excludes halogenated alkanes) is 1. The molecule has 0 amide bonds. The normalized spacial score (nSPS) is 17.5. The van der Waals surface area contributed by atoms with Gasteiger partial charge in [0.1, 0.15) is 5.54 Å². The van der Waals surface area contributed by atoms with Gasteiger partial charge in [-0.15, -0.1) is 0 Å². The molecule has 0 aromatic heterocycles. The van der Waals surface area contributed by atoms with Crippen LogP contribution in [0.3, 0.4) is 0 Å². The topological polar surface area (TPSA) is 56.8 Å². The fraction of sp³-hybridized carbons (Fsp3) is 0.938. The number of carbonyl (C=O) groups is 1. The molecular weight excluding hydrogens is 270 g/mol. The fourth-order valence-electron chi connectivity index (χ4n) is 2.42. The smallest absolute Gasteiger partial charge is 0.328 e. The van der Waals surface area contributed by atoms with Crippen molar-refractivity contribution >= 4 is 5.97 Å². The molecule has 124 valence electrons. The summed E-state index contributed by atoms with van der Waals surface area (Å²) in [4.78, 5) is 12.2. The van der Waals surface area contributed by atoms with Gasteiger partial charge in [-0.25, -0.2) is 4.79 Å². The minimum absolute atomic E-state index is 0.203. The Labute approximate surface area is 128 Å². The van der Waals surface area contributed by atoms with Crippen LogP contribution < -0.4 is 5.32 Å². The number of esters is 1. The molecule has 5 heteroatoms. The Hall–Kier alpha value is -0.650.